The van der Waals surface area contributed by atoms with Crippen LogP contribution in [0.15, 0.2) is 31.0 Å². The fourth-order valence-electron chi connectivity index (χ4n) is 2.84. The molecule has 2 heterocycles. The van der Waals surface area contributed by atoms with Crippen molar-refractivity contribution in [3.05, 3.63) is 42.2 Å². The monoisotopic (exact) mass is 323 g/mol. The molecule has 0 spiro atoms. The van der Waals surface area contributed by atoms with Gasteiger partial charge in [-0.15, -0.1) is 0 Å². The quantitative estimate of drug-likeness (QED) is 0.937. The Balaban J connectivity index is 1.64. The molecule has 2 aromatic heterocycles. The maximum atomic E-state index is 12.5. The minimum atomic E-state index is -4.42. The number of aromatic nitrogens is 4. The molecule has 2 unspecified atom stereocenters. The van der Waals surface area contributed by atoms with Crippen molar-refractivity contribution in [3.8, 4) is 0 Å². The first-order valence-corrected chi connectivity index (χ1v) is 7.44. The minimum Gasteiger partial charge on any atom is -0.351 e. The summed E-state index contributed by atoms with van der Waals surface area (Å²) in [7, 11) is 0. The number of rotatable bonds is 3. The molecule has 0 aliphatic heterocycles. The molecule has 0 radical (unpaired) electrons. The predicted octanol–water partition coefficient (Wildman–Crippen LogP) is 3.42. The highest BCUT2D eigenvalue weighted by Gasteiger charge is 2.31. The Bertz CT molecular complexity index is 630. The molecule has 1 aliphatic rings. The minimum absolute atomic E-state index is 0.118. The summed E-state index contributed by atoms with van der Waals surface area (Å²) in [5, 5.41) is 3.12. The van der Waals surface area contributed by atoms with Gasteiger partial charge in [0.25, 0.3) is 0 Å². The molecule has 1 N–H and O–H groups in total. The molecule has 1 saturated carbocycles. The fourth-order valence-corrected chi connectivity index (χ4v) is 2.84. The summed E-state index contributed by atoms with van der Waals surface area (Å²) in [6.45, 7) is 0. The van der Waals surface area contributed by atoms with Crippen molar-refractivity contribution in [1.82, 2.24) is 19.9 Å². The molecule has 0 amide bonds. The fraction of sp³-hybridized carbons (Fsp3) is 0.467. The highest BCUT2D eigenvalue weighted by atomic mass is 19.4. The lowest BCUT2D eigenvalue weighted by Gasteiger charge is -2.29. The zero-order valence-electron chi connectivity index (χ0n) is 12.3. The lowest BCUT2D eigenvalue weighted by atomic mass is 9.84. The normalized spacial score (nSPS) is 21.9. The van der Waals surface area contributed by atoms with Crippen LogP contribution in [0.4, 0.5) is 19.1 Å². The van der Waals surface area contributed by atoms with Crippen LogP contribution in [0.3, 0.4) is 0 Å². The van der Waals surface area contributed by atoms with Crippen LogP contribution in [0.5, 0.6) is 0 Å². The van der Waals surface area contributed by atoms with Gasteiger partial charge < -0.3 is 5.32 Å². The molecule has 5 nitrogen and oxygen atoms in total. The molecular weight excluding hydrogens is 307 g/mol. The van der Waals surface area contributed by atoms with Crippen LogP contribution in [0.2, 0.25) is 0 Å². The average Bonchev–Trinajstić information content (AvgIpc) is 2.56. The first-order chi connectivity index (χ1) is 11.0. The predicted molar refractivity (Wildman–Crippen MR) is 77.7 cm³/mol. The van der Waals surface area contributed by atoms with Crippen LogP contribution in [0.1, 0.15) is 42.9 Å². The topological polar surface area (TPSA) is 63.6 Å². The second kappa shape index (κ2) is 6.47. The van der Waals surface area contributed by atoms with Crippen molar-refractivity contribution in [2.75, 3.05) is 5.32 Å². The SMILES string of the molecule is FC(F)(F)c1cnc(NC2CCCC(c3cnccn3)C2)nc1. The van der Waals surface area contributed by atoms with Crippen LogP contribution in [0, 0.1) is 0 Å². The standard InChI is InChI=1S/C15H16F3N5/c16-15(17,18)11-7-21-14(22-8-11)23-12-3-1-2-10(6-12)13-9-19-4-5-20-13/h4-5,7-10,12H,1-3,6H2,(H,21,22,23). The first-order valence-electron chi connectivity index (χ1n) is 7.44. The van der Waals surface area contributed by atoms with Gasteiger partial charge in [0, 0.05) is 42.9 Å². The number of hydrogen-bond acceptors (Lipinski definition) is 5. The van der Waals surface area contributed by atoms with Gasteiger partial charge in [0.2, 0.25) is 5.95 Å². The first kappa shape index (κ1) is 15.6. The summed E-state index contributed by atoms with van der Waals surface area (Å²) >= 11 is 0. The van der Waals surface area contributed by atoms with Crippen molar-refractivity contribution in [2.45, 2.75) is 43.8 Å². The molecule has 122 valence electrons. The van der Waals surface area contributed by atoms with Crippen molar-refractivity contribution < 1.29 is 13.2 Å². The second-order valence-electron chi connectivity index (χ2n) is 5.63. The van der Waals surface area contributed by atoms with E-state index in [1.165, 1.54) is 0 Å². The number of nitrogens with one attached hydrogen (secondary N) is 1. The molecule has 2 atom stereocenters. The van der Waals surface area contributed by atoms with E-state index < -0.39 is 11.7 Å². The molecule has 1 aliphatic carbocycles. The van der Waals surface area contributed by atoms with Gasteiger partial charge in [-0.2, -0.15) is 13.2 Å². The van der Waals surface area contributed by atoms with Gasteiger partial charge in [0.1, 0.15) is 0 Å². The van der Waals surface area contributed by atoms with E-state index in [9.17, 15) is 13.2 Å². The van der Waals surface area contributed by atoms with Crippen LogP contribution < -0.4 is 5.32 Å². The zero-order chi connectivity index (χ0) is 16.3. The van der Waals surface area contributed by atoms with Crippen LogP contribution >= 0.6 is 0 Å². The number of hydrogen-bond donors (Lipinski definition) is 1. The summed E-state index contributed by atoms with van der Waals surface area (Å²) in [6.07, 6.45) is 6.08. The van der Waals surface area contributed by atoms with E-state index in [4.69, 9.17) is 0 Å². The van der Waals surface area contributed by atoms with Crippen molar-refractivity contribution in [1.29, 1.82) is 0 Å². The summed E-state index contributed by atoms with van der Waals surface area (Å²) in [5.74, 6) is 0.521. The van der Waals surface area contributed by atoms with Crippen LogP contribution in [0.25, 0.3) is 0 Å². The van der Waals surface area contributed by atoms with E-state index in [1.54, 1.807) is 18.6 Å². The van der Waals surface area contributed by atoms with Crippen molar-refractivity contribution >= 4 is 5.95 Å². The summed E-state index contributed by atoms with van der Waals surface area (Å²) in [6, 6.07) is 0.118. The third kappa shape index (κ3) is 3.94. The third-order valence-corrected chi connectivity index (χ3v) is 3.99. The summed E-state index contributed by atoms with van der Waals surface area (Å²) in [5.41, 5.74) is 0.108. The van der Waals surface area contributed by atoms with E-state index in [1.807, 2.05) is 0 Å². The smallest absolute Gasteiger partial charge is 0.351 e. The largest absolute Gasteiger partial charge is 0.419 e. The van der Waals surface area contributed by atoms with Crippen molar-refractivity contribution in [3.63, 3.8) is 0 Å². The lowest BCUT2D eigenvalue weighted by molar-refractivity contribution is -0.138. The highest BCUT2D eigenvalue weighted by Crippen LogP contribution is 2.33. The van der Waals surface area contributed by atoms with E-state index in [0.29, 0.717) is 5.92 Å². The summed E-state index contributed by atoms with van der Waals surface area (Å²) in [4.78, 5) is 16.0. The molecule has 0 bridgehead atoms. The molecule has 0 aromatic carbocycles. The number of anilines is 1. The molecular formula is C15H16F3N5. The van der Waals surface area contributed by atoms with Gasteiger partial charge >= 0.3 is 6.18 Å². The Morgan fingerprint density at radius 2 is 1.78 bits per heavy atom. The zero-order valence-corrected chi connectivity index (χ0v) is 12.3. The van der Waals surface area contributed by atoms with Crippen LogP contribution in [-0.4, -0.2) is 26.0 Å². The van der Waals surface area contributed by atoms with Gasteiger partial charge in [-0.3, -0.25) is 9.97 Å². The highest BCUT2D eigenvalue weighted by molar-refractivity contribution is 5.28. The Kier molecular flexibility index (Phi) is 4.40. The van der Waals surface area contributed by atoms with Gasteiger partial charge in [-0.25, -0.2) is 9.97 Å². The molecule has 23 heavy (non-hydrogen) atoms. The summed E-state index contributed by atoms with van der Waals surface area (Å²) < 4.78 is 37.5. The average molecular weight is 323 g/mol. The lowest BCUT2D eigenvalue weighted by Crippen LogP contribution is -2.27. The number of nitrogens with zero attached hydrogens (tertiary/aromatic N) is 4. The Morgan fingerprint density at radius 3 is 2.43 bits per heavy atom. The Hall–Kier alpha value is -2.25. The molecule has 8 heteroatoms. The van der Waals surface area contributed by atoms with Gasteiger partial charge in [-0.05, 0) is 19.3 Å². The van der Waals surface area contributed by atoms with Gasteiger partial charge in [0.05, 0.1) is 11.3 Å². The molecule has 1 fully saturated rings. The molecule has 2 aromatic rings. The van der Waals surface area contributed by atoms with Gasteiger partial charge in [0.15, 0.2) is 0 Å². The maximum absolute atomic E-state index is 12.5. The van der Waals surface area contributed by atoms with E-state index >= 15 is 0 Å². The van der Waals surface area contributed by atoms with E-state index in [2.05, 4.69) is 25.3 Å². The van der Waals surface area contributed by atoms with E-state index in [0.717, 1.165) is 43.8 Å². The number of alkyl halides is 3. The Morgan fingerprint density at radius 1 is 1.00 bits per heavy atom. The molecule has 3 rings (SSSR count). The third-order valence-electron chi connectivity index (χ3n) is 3.99. The second-order valence-corrected chi connectivity index (χ2v) is 5.63. The maximum Gasteiger partial charge on any atom is 0.419 e. The number of halogens is 3. The van der Waals surface area contributed by atoms with Crippen LogP contribution in [-0.2, 0) is 6.18 Å². The van der Waals surface area contributed by atoms with Crippen molar-refractivity contribution in [2.24, 2.45) is 0 Å². The van der Waals surface area contributed by atoms with E-state index in [-0.39, 0.29) is 12.0 Å². The molecule has 0 saturated heterocycles. The van der Waals surface area contributed by atoms with Gasteiger partial charge in [-0.1, -0.05) is 6.42 Å². The Labute approximate surface area is 131 Å².